The molecule has 8 nitrogen and oxygen atoms in total. The van der Waals surface area contributed by atoms with Crippen molar-refractivity contribution in [3.05, 3.63) is 65.8 Å². The van der Waals surface area contributed by atoms with Gasteiger partial charge in [0.1, 0.15) is 5.82 Å². The molecule has 0 spiro atoms. The molecule has 4 heterocycles. The van der Waals surface area contributed by atoms with Gasteiger partial charge in [0.25, 0.3) is 5.91 Å². The van der Waals surface area contributed by atoms with Crippen molar-refractivity contribution < 1.29 is 9.53 Å². The Hall–Kier alpha value is -3.82. The van der Waals surface area contributed by atoms with E-state index in [1.165, 1.54) is 11.3 Å². The molecular weight excluding hydrogens is 448 g/mol. The number of benzene rings is 2. The largest absolute Gasteiger partial charge is 0.379 e. The van der Waals surface area contributed by atoms with Gasteiger partial charge in [0, 0.05) is 41.2 Å². The van der Waals surface area contributed by atoms with E-state index >= 15 is 0 Å². The molecule has 1 saturated heterocycles. The molecule has 2 N–H and O–H groups in total. The van der Waals surface area contributed by atoms with Crippen LogP contribution in [0.25, 0.3) is 32.4 Å². The third-order valence-corrected chi connectivity index (χ3v) is 7.22. The van der Waals surface area contributed by atoms with Crippen LogP contribution in [0.2, 0.25) is 0 Å². The number of amides is 1. The van der Waals surface area contributed by atoms with Crippen LogP contribution in [0.5, 0.6) is 0 Å². The SMILES string of the molecule is CN(C(=O)c1cc2ccc(-c3nccc(Nc4ccc5[nH]ncc5c4)n3)cc2s1)C1CCOC1. The summed E-state index contributed by atoms with van der Waals surface area (Å²) in [5.41, 5.74) is 2.81. The van der Waals surface area contributed by atoms with Crippen molar-refractivity contribution in [2.24, 2.45) is 0 Å². The number of nitrogens with zero attached hydrogens (tertiary/aromatic N) is 4. The number of hydrogen-bond donors (Lipinski definition) is 2. The van der Waals surface area contributed by atoms with Gasteiger partial charge in [0.05, 0.1) is 29.2 Å². The standard InChI is InChI=1S/C25H22N6O2S/c1-31(19-7-9-33-14-19)25(32)22-11-15-2-3-16(12-21(15)34-22)24-26-8-6-23(29-24)28-18-4-5-20-17(10-18)13-27-30-20/h2-6,8,10-13,19H,7,9,14H2,1H3,(H,27,30)(H,26,28,29). The predicted molar refractivity (Wildman–Crippen MR) is 134 cm³/mol. The number of fused-ring (bicyclic) bond motifs is 2. The zero-order chi connectivity index (χ0) is 23.1. The predicted octanol–water partition coefficient (Wildman–Crippen LogP) is 4.84. The lowest BCUT2D eigenvalue weighted by molar-refractivity contribution is 0.0716. The van der Waals surface area contributed by atoms with Crippen LogP contribution in [-0.4, -0.2) is 57.3 Å². The second kappa shape index (κ2) is 8.51. The summed E-state index contributed by atoms with van der Waals surface area (Å²) in [5, 5.41) is 12.4. The number of carbonyl (C=O) groups is 1. The molecule has 1 aliphatic heterocycles. The van der Waals surface area contributed by atoms with Crippen LogP contribution in [0.15, 0.2) is 60.9 Å². The summed E-state index contributed by atoms with van der Waals surface area (Å²) < 4.78 is 6.47. The van der Waals surface area contributed by atoms with Crippen LogP contribution in [0, 0.1) is 0 Å². The summed E-state index contributed by atoms with van der Waals surface area (Å²) in [4.78, 5) is 24.7. The Balaban J connectivity index is 1.25. The van der Waals surface area contributed by atoms with Gasteiger partial charge in [-0.2, -0.15) is 5.10 Å². The van der Waals surface area contributed by atoms with E-state index in [1.54, 1.807) is 17.3 Å². The molecule has 2 aromatic carbocycles. The van der Waals surface area contributed by atoms with Crippen LogP contribution in [0.1, 0.15) is 16.1 Å². The summed E-state index contributed by atoms with van der Waals surface area (Å²) in [7, 11) is 1.86. The number of anilines is 2. The fourth-order valence-corrected chi connectivity index (χ4v) is 5.26. The Kier molecular flexibility index (Phi) is 5.20. The van der Waals surface area contributed by atoms with E-state index in [2.05, 4.69) is 20.5 Å². The Morgan fingerprint density at radius 3 is 3.00 bits per heavy atom. The van der Waals surface area contributed by atoms with Crippen LogP contribution in [0.3, 0.4) is 0 Å². The number of H-pyrrole nitrogens is 1. The van der Waals surface area contributed by atoms with E-state index in [4.69, 9.17) is 9.72 Å². The van der Waals surface area contributed by atoms with Crippen molar-refractivity contribution in [2.45, 2.75) is 12.5 Å². The van der Waals surface area contributed by atoms with Gasteiger partial charge in [-0.25, -0.2) is 9.97 Å². The van der Waals surface area contributed by atoms with E-state index in [9.17, 15) is 4.79 Å². The smallest absolute Gasteiger partial charge is 0.264 e. The average molecular weight is 471 g/mol. The van der Waals surface area contributed by atoms with E-state index in [-0.39, 0.29) is 11.9 Å². The number of ether oxygens (including phenoxy) is 1. The summed E-state index contributed by atoms with van der Waals surface area (Å²) in [6, 6.07) is 16.0. The van der Waals surface area contributed by atoms with Crippen LogP contribution >= 0.6 is 11.3 Å². The molecule has 1 atom stereocenters. The number of aromatic amines is 1. The molecule has 5 aromatic rings. The van der Waals surface area contributed by atoms with Gasteiger partial charge >= 0.3 is 0 Å². The fraction of sp³-hybridized carbons (Fsp3) is 0.200. The normalized spacial score (nSPS) is 15.7. The third kappa shape index (κ3) is 3.89. The summed E-state index contributed by atoms with van der Waals surface area (Å²) in [5.74, 6) is 1.36. The number of rotatable bonds is 5. The van der Waals surface area contributed by atoms with Gasteiger partial charge < -0.3 is 15.0 Å². The fourth-order valence-electron chi connectivity index (χ4n) is 4.18. The maximum absolute atomic E-state index is 13.0. The molecule has 34 heavy (non-hydrogen) atoms. The second-order valence-electron chi connectivity index (χ2n) is 8.36. The lowest BCUT2D eigenvalue weighted by Gasteiger charge is -2.22. The van der Waals surface area contributed by atoms with Crippen LogP contribution in [0.4, 0.5) is 11.5 Å². The van der Waals surface area contributed by atoms with Crippen molar-refractivity contribution >= 4 is 49.7 Å². The number of nitrogens with one attached hydrogen (secondary N) is 2. The van der Waals surface area contributed by atoms with Gasteiger partial charge in [0.15, 0.2) is 5.82 Å². The van der Waals surface area contributed by atoms with Crippen molar-refractivity contribution in [3.8, 4) is 11.4 Å². The van der Waals surface area contributed by atoms with Gasteiger partial charge in [-0.1, -0.05) is 12.1 Å². The van der Waals surface area contributed by atoms with E-state index in [1.807, 2.05) is 55.6 Å². The van der Waals surface area contributed by atoms with Gasteiger partial charge in [-0.05, 0) is 48.2 Å². The molecule has 1 fully saturated rings. The Labute approximate surface area is 199 Å². The van der Waals surface area contributed by atoms with Crippen LogP contribution < -0.4 is 5.32 Å². The first-order valence-corrected chi connectivity index (χ1v) is 11.9. The van der Waals surface area contributed by atoms with Crippen molar-refractivity contribution in [3.63, 3.8) is 0 Å². The van der Waals surface area contributed by atoms with E-state index in [0.29, 0.717) is 24.9 Å². The molecule has 9 heteroatoms. The third-order valence-electron chi connectivity index (χ3n) is 6.13. The molecule has 170 valence electrons. The Morgan fingerprint density at radius 2 is 2.12 bits per heavy atom. The monoisotopic (exact) mass is 470 g/mol. The Bertz CT molecular complexity index is 1500. The topological polar surface area (TPSA) is 96.0 Å². The molecule has 0 saturated carbocycles. The highest BCUT2D eigenvalue weighted by Crippen LogP contribution is 2.31. The first-order chi connectivity index (χ1) is 16.6. The molecule has 1 unspecified atom stereocenters. The number of hydrogen-bond acceptors (Lipinski definition) is 7. The number of likely N-dealkylation sites (N-methyl/N-ethyl adjacent to an activating group) is 1. The molecule has 1 amide bonds. The number of carbonyl (C=O) groups excluding carboxylic acids is 1. The first-order valence-electron chi connectivity index (χ1n) is 11.1. The van der Waals surface area contributed by atoms with E-state index < -0.39 is 0 Å². The van der Waals surface area contributed by atoms with Gasteiger partial charge in [-0.3, -0.25) is 9.89 Å². The Morgan fingerprint density at radius 1 is 1.18 bits per heavy atom. The lowest BCUT2D eigenvalue weighted by atomic mass is 10.1. The van der Waals surface area contributed by atoms with Crippen LogP contribution in [-0.2, 0) is 4.74 Å². The summed E-state index contributed by atoms with van der Waals surface area (Å²) in [6.07, 6.45) is 4.42. The van der Waals surface area contributed by atoms with Gasteiger partial charge in [0.2, 0.25) is 0 Å². The van der Waals surface area contributed by atoms with Crippen molar-refractivity contribution in [1.82, 2.24) is 25.1 Å². The highest BCUT2D eigenvalue weighted by molar-refractivity contribution is 7.20. The van der Waals surface area contributed by atoms with Crippen molar-refractivity contribution in [1.29, 1.82) is 0 Å². The van der Waals surface area contributed by atoms with Gasteiger partial charge in [-0.15, -0.1) is 11.3 Å². The summed E-state index contributed by atoms with van der Waals surface area (Å²) >= 11 is 1.50. The lowest BCUT2D eigenvalue weighted by Crippen LogP contribution is -2.36. The maximum Gasteiger partial charge on any atom is 0.264 e. The quantitative estimate of drug-likeness (QED) is 0.382. The maximum atomic E-state index is 13.0. The molecule has 0 aliphatic carbocycles. The minimum atomic E-state index is 0.0373. The molecule has 6 rings (SSSR count). The zero-order valence-electron chi connectivity index (χ0n) is 18.5. The first kappa shape index (κ1) is 20.8. The summed E-state index contributed by atoms with van der Waals surface area (Å²) in [6.45, 7) is 1.32. The molecule has 0 bridgehead atoms. The number of aromatic nitrogens is 4. The molecule has 1 aliphatic rings. The second-order valence-corrected chi connectivity index (χ2v) is 9.44. The highest BCUT2D eigenvalue weighted by Gasteiger charge is 2.26. The zero-order valence-corrected chi connectivity index (χ0v) is 19.3. The van der Waals surface area contributed by atoms with E-state index in [0.717, 1.165) is 43.5 Å². The average Bonchev–Trinajstić information content (AvgIpc) is 3.63. The molecular formula is C25H22N6O2S. The highest BCUT2D eigenvalue weighted by atomic mass is 32.1. The molecule has 3 aromatic heterocycles. The number of thiophene rings is 1. The van der Waals surface area contributed by atoms with Crippen molar-refractivity contribution in [2.75, 3.05) is 25.6 Å². The minimum absolute atomic E-state index is 0.0373. The molecule has 0 radical (unpaired) electrons. The minimum Gasteiger partial charge on any atom is -0.379 e.